The predicted octanol–water partition coefficient (Wildman–Crippen LogP) is 0.566. The number of rotatable bonds is 4. The summed E-state index contributed by atoms with van der Waals surface area (Å²) in [7, 11) is -3.92. The Morgan fingerprint density at radius 1 is 0.630 bits per heavy atom. The molecule has 11 heteroatoms. The van der Waals surface area contributed by atoms with Crippen LogP contribution < -0.4 is 10.6 Å². The van der Waals surface area contributed by atoms with Crippen molar-refractivity contribution in [2.75, 3.05) is 10.6 Å². The molecule has 140 valence electrons. The molecule has 10 nitrogen and oxygen atoms in total. The summed E-state index contributed by atoms with van der Waals surface area (Å²) < 4.78 is 25.1. The van der Waals surface area contributed by atoms with Crippen molar-refractivity contribution >= 4 is 45.0 Å². The van der Waals surface area contributed by atoms with Gasteiger partial charge in [-0.1, -0.05) is 0 Å². The molecule has 0 heterocycles. The van der Waals surface area contributed by atoms with Crippen molar-refractivity contribution in [2.24, 2.45) is 0 Å². The van der Waals surface area contributed by atoms with Crippen LogP contribution in [-0.2, 0) is 29.0 Å². The number of sulfone groups is 1. The van der Waals surface area contributed by atoms with E-state index in [-0.39, 0.29) is 21.2 Å². The zero-order valence-electron chi connectivity index (χ0n) is 13.4. The van der Waals surface area contributed by atoms with Gasteiger partial charge in [-0.15, -0.1) is 0 Å². The summed E-state index contributed by atoms with van der Waals surface area (Å²) in [5.41, 5.74) is 0.209. The van der Waals surface area contributed by atoms with Crippen molar-refractivity contribution in [3.05, 3.63) is 48.5 Å². The Hall–Kier alpha value is -3.73. The number of benzene rings is 2. The Labute approximate surface area is 152 Å². The van der Waals surface area contributed by atoms with Crippen molar-refractivity contribution in [1.29, 1.82) is 0 Å². The van der Waals surface area contributed by atoms with E-state index < -0.39 is 33.6 Å². The Balaban J connectivity index is 2.20. The molecule has 0 aliphatic carbocycles. The van der Waals surface area contributed by atoms with Crippen molar-refractivity contribution in [2.45, 2.75) is 9.79 Å². The fourth-order valence-electron chi connectivity index (χ4n) is 1.94. The fourth-order valence-corrected chi connectivity index (χ4v) is 3.20. The number of hydrogen-bond acceptors (Lipinski definition) is 6. The van der Waals surface area contributed by atoms with Crippen LogP contribution in [0.5, 0.6) is 0 Å². The molecule has 2 amide bonds. The van der Waals surface area contributed by atoms with E-state index in [2.05, 4.69) is 10.6 Å². The maximum atomic E-state index is 12.6. The summed E-state index contributed by atoms with van der Waals surface area (Å²) in [6.07, 6.45) is 0. The zero-order valence-corrected chi connectivity index (χ0v) is 14.2. The van der Waals surface area contributed by atoms with E-state index in [0.29, 0.717) is 0 Å². The number of carbonyl (C=O) groups excluding carboxylic acids is 2. The van der Waals surface area contributed by atoms with Gasteiger partial charge in [-0.3, -0.25) is 9.59 Å². The van der Waals surface area contributed by atoms with Gasteiger partial charge in [-0.2, -0.15) is 0 Å². The molecule has 0 saturated heterocycles. The van der Waals surface area contributed by atoms with Crippen LogP contribution in [0.4, 0.5) is 11.4 Å². The minimum atomic E-state index is -3.92. The van der Waals surface area contributed by atoms with Crippen LogP contribution in [0.3, 0.4) is 0 Å². The lowest BCUT2D eigenvalue weighted by Crippen LogP contribution is -2.21. The number of aliphatic carboxylic acids is 2. The molecule has 0 aliphatic rings. The largest absolute Gasteiger partial charge is 0.474 e. The minimum Gasteiger partial charge on any atom is -0.474 e. The summed E-state index contributed by atoms with van der Waals surface area (Å²) in [5, 5.41) is 21.2. The fraction of sp³-hybridized carbons (Fsp3) is 0. The van der Waals surface area contributed by atoms with Gasteiger partial charge in [0.15, 0.2) is 0 Å². The maximum Gasteiger partial charge on any atom is 0.394 e. The van der Waals surface area contributed by atoms with Crippen LogP contribution in [0.2, 0.25) is 0 Å². The molecule has 0 aliphatic heterocycles. The number of amides is 2. The number of hydrogen-bond donors (Lipinski definition) is 4. The van der Waals surface area contributed by atoms with Gasteiger partial charge in [0.1, 0.15) is 0 Å². The smallest absolute Gasteiger partial charge is 0.394 e. The number of carbonyl (C=O) groups is 4. The molecule has 2 rings (SSSR count). The van der Waals surface area contributed by atoms with Crippen LogP contribution in [0, 0.1) is 0 Å². The monoisotopic (exact) mass is 392 g/mol. The average Bonchev–Trinajstić information content (AvgIpc) is 2.62. The number of carboxylic acid groups (broad SMARTS) is 2. The molecule has 0 unspecified atom stereocenters. The third kappa shape index (κ3) is 4.67. The number of carboxylic acids is 2. The third-order valence-corrected chi connectivity index (χ3v) is 5.02. The first-order valence-corrected chi connectivity index (χ1v) is 8.63. The topological polar surface area (TPSA) is 167 Å². The second-order valence-corrected chi connectivity index (χ2v) is 7.02. The van der Waals surface area contributed by atoms with Gasteiger partial charge in [-0.05, 0) is 48.5 Å². The molecule has 0 saturated carbocycles. The summed E-state index contributed by atoms with van der Waals surface area (Å²) in [4.78, 5) is 42.9. The van der Waals surface area contributed by atoms with Crippen molar-refractivity contribution in [1.82, 2.24) is 0 Å². The van der Waals surface area contributed by atoms with Crippen molar-refractivity contribution < 1.29 is 37.8 Å². The van der Waals surface area contributed by atoms with Gasteiger partial charge in [0.05, 0.1) is 9.79 Å². The molecular weight excluding hydrogens is 380 g/mol. The van der Waals surface area contributed by atoms with Crippen molar-refractivity contribution in [3.63, 3.8) is 0 Å². The normalized spacial score (nSPS) is 10.7. The van der Waals surface area contributed by atoms with E-state index in [4.69, 9.17) is 10.2 Å². The van der Waals surface area contributed by atoms with Gasteiger partial charge < -0.3 is 20.8 Å². The molecule has 0 fully saturated rings. The van der Waals surface area contributed by atoms with E-state index in [1.165, 1.54) is 48.5 Å². The Bertz CT molecular complexity index is 934. The first-order chi connectivity index (χ1) is 12.6. The van der Waals surface area contributed by atoms with Gasteiger partial charge in [0, 0.05) is 11.4 Å². The highest BCUT2D eigenvalue weighted by atomic mass is 32.2. The first kappa shape index (κ1) is 19.6. The molecule has 0 radical (unpaired) electrons. The third-order valence-electron chi connectivity index (χ3n) is 3.23. The summed E-state index contributed by atoms with van der Waals surface area (Å²) in [6.45, 7) is 0. The SMILES string of the molecule is O=C(O)C(=O)Nc1ccc(S(=O)(=O)c2ccc(NC(=O)C(=O)O)cc2)cc1. The highest BCUT2D eigenvalue weighted by molar-refractivity contribution is 7.91. The Morgan fingerprint density at radius 2 is 0.926 bits per heavy atom. The highest BCUT2D eigenvalue weighted by Crippen LogP contribution is 2.23. The van der Waals surface area contributed by atoms with Crippen LogP contribution in [0.15, 0.2) is 58.3 Å². The second kappa shape index (κ2) is 7.66. The molecule has 2 aromatic rings. The van der Waals surface area contributed by atoms with Crippen LogP contribution in [0.1, 0.15) is 0 Å². The van der Waals surface area contributed by atoms with Gasteiger partial charge >= 0.3 is 23.8 Å². The summed E-state index contributed by atoms with van der Waals surface area (Å²) >= 11 is 0. The van der Waals surface area contributed by atoms with E-state index in [1.54, 1.807) is 0 Å². The summed E-state index contributed by atoms with van der Waals surface area (Å²) in [5.74, 6) is -5.88. The zero-order chi connectivity index (χ0) is 20.2. The standard InChI is InChI=1S/C16H12N2O8S/c19-13(15(21)22)17-9-1-5-11(6-2-9)27(25,26)12-7-3-10(4-8-12)18-14(20)16(23)24/h1-8H,(H,17,19)(H,18,20)(H,21,22)(H,23,24). The Kier molecular flexibility index (Phi) is 5.56. The van der Waals surface area contributed by atoms with Crippen LogP contribution >= 0.6 is 0 Å². The molecule has 0 bridgehead atoms. The molecule has 0 atom stereocenters. The molecule has 27 heavy (non-hydrogen) atoms. The molecule has 4 N–H and O–H groups in total. The van der Waals surface area contributed by atoms with Gasteiger partial charge in [0.2, 0.25) is 9.84 Å². The van der Waals surface area contributed by atoms with E-state index in [0.717, 1.165) is 0 Å². The lowest BCUT2D eigenvalue weighted by Gasteiger charge is -2.08. The number of nitrogens with one attached hydrogen (secondary N) is 2. The van der Waals surface area contributed by atoms with Crippen molar-refractivity contribution in [3.8, 4) is 0 Å². The maximum absolute atomic E-state index is 12.6. The molecule has 2 aromatic carbocycles. The first-order valence-electron chi connectivity index (χ1n) is 7.15. The average molecular weight is 392 g/mol. The van der Waals surface area contributed by atoms with E-state index in [9.17, 15) is 27.6 Å². The lowest BCUT2D eigenvalue weighted by atomic mass is 10.3. The number of anilines is 2. The predicted molar refractivity (Wildman–Crippen MR) is 90.9 cm³/mol. The Morgan fingerprint density at radius 3 is 1.19 bits per heavy atom. The van der Waals surface area contributed by atoms with Crippen LogP contribution in [0.25, 0.3) is 0 Å². The van der Waals surface area contributed by atoms with Gasteiger partial charge in [-0.25, -0.2) is 18.0 Å². The molecule has 0 spiro atoms. The lowest BCUT2D eigenvalue weighted by molar-refractivity contribution is -0.147. The highest BCUT2D eigenvalue weighted by Gasteiger charge is 2.19. The minimum absolute atomic E-state index is 0.105. The van der Waals surface area contributed by atoms with Crippen LogP contribution in [-0.4, -0.2) is 42.4 Å². The molecular formula is C16H12N2O8S. The second-order valence-electron chi connectivity index (χ2n) is 5.07. The van der Waals surface area contributed by atoms with E-state index >= 15 is 0 Å². The van der Waals surface area contributed by atoms with E-state index in [1.807, 2.05) is 0 Å². The molecule has 0 aromatic heterocycles. The van der Waals surface area contributed by atoms with Gasteiger partial charge in [0.25, 0.3) is 0 Å². The summed E-state index contributed by atoms with van der Waals surface area (Å²) in [6, 6.07) is 9.67. The quantitative estimate of drug-likeness (QED) is 0.548.